The molecule has 8 heteroatoms. The number of carbonyl (C=O) groups is 2. The predicted octanol–water partition coefficient (Wildman–Crippen LogP) is 0.949. The van der Waals surface area contributed by atoms with Crippen molar-refractivity contribution in [3.63, 3.8) is 0 Å². The lowest BCUT2D eigenvalue weighted by Gasteiger charge is -2.20. The number of carbonyl (C=O) groups excluding carboxylic acids is 1. The molecule has 0 radical (unpaired) electrons. The van der Waals surface area contributed by atoms with Crippen LogP contribution in [0.3, 0.4) is 0 Å². The summed E-state index contributed by atoms with van der Waals surface area (Å²) in [6.07, 6.45) is 1.19. The van der Waals surface area contributed by atoms with Gasteiger partial charge in [-0.15, -0.1) is 0 Å². The molecule has 2 amide bonds. The second-order valence-electron chi connectivity index (χ2n) is 6.04. The van der Waals surface area contributed by atoms with E-state index in [2.05, 4.69) is 10.6 Å². The van der Waals surface area contributed by atoms with Crippen LogP contribution in [0.2, 0.25) is 0 Å². The Kier molecular flexibility index (Phi) is 6.19. The summed E-state index contributed by atoms with van der Waals surface area (Å²) in [4.78, 5) is 22.9. The minimum atomic E-state index is -3.06. The molecule has 1 fully saturated rings. The van der Waals surface area contributed by atoms with Crippen LogP contribution in [-0.2, 0) is 21.1 Å². The summed E-state index contributed by atoms with van der Waals surface area (Å²) in [6, 6.07) is 8.31. The number of rotatable bonds is 7. The first-order valence-corrected chi connectivity index (χ1v) is 9.69. The zero-order valence-corrected chi connectivity index (χ0v) is 14.1. The molecule has 0 bridgehead atoms. The van der Waals surface area contributed by atoms with E-state index < -0.39 is 21.8 Å². The number of carboxylic acids is 1. The maximum atomic E-state index is 12.1. The summed E-state index contributed by atoms with van der Waals surface area (Å²) in [5.74, 6) is -0.874. The van der Waals surface area contributed by atoms with E-state index in [0.717, 1.165) is 5.56 Å². The zero-order chi connectivity index (χ0) is 17.6. The van der Waals surface area contributed by atoms with Crippen molar-refractivity contribution in [3.8, 4) is 0 Å². The number of hydrogen-bond donors (Lipinski definition) is 3. The number of carboxylic acid groups (broad SMARTS) is 1. The Hall–Kier alpha value is -2.09. The lowest BCUT2D eigenvalue weighted by atomic mass is 10.0. The fraction of sp³-hybridized carbons (Fsp3) is 0.500. The Morgan fingerprint density at radius 1 is 1.25 bits per heavy atom. The Bertz CT molecular complexity index is 675. The third-order valence-electron chi connectivity index (χ3n) is 3.93. The van der Waals surface area contributed by atoms with E-state index in [0.29, 0.717) is 19.3 Å². The van der Waals surface area contributed by atoms with Crippen molar-refractivity contribution < 1.29 is 23.1 Å². The Balaban J connectivity index is 1.91. The van der Waals surface area contributed by atoms with Crippen LogP contribution in [-0.4, -0.2) is 49.1 Å². The van der Waals surface area contributed by atoms with Gasteiger partial charge in [0.25, 0.3) is 0 Å². The van der Waals surface area contributed by atoms with Gasteiger partial charge in [0.15, 0.2) is 9.84 Å². The van der Waals surface area contributed by atoms with Crippen molar-refractivity contribution in [3.05, 3.63) is 35.9 Å². The number of nitrogens with one attached hydrogen (secondary N) is 2. The summed E-state index contributed by atoms with van der Waals surface area (Å²) in [5, 5.41) is 14.3. The SMILES string of the molecule is O=C(O)CCC(Cc1ccccc1)NC(=O)NC1CCS(=O)(=O)C1. The van der Waals surface area contributed by atoms with Gasteiger partial charge < -0.3 is 15.7 Å². The lowest BCUT2D eigenvalue weighted by molar-refractivity contribution is -0.137. The van der Waals surface area contributed by atoms with Gasteiger partial charge in [-0.05, 0) is 24.8 Å². The largest absolute Gasteiger partial charge is 0.481 e. The number of urea groups is 1. The standard InChI is InChI=1S/C16H22N2O5S/c19-15(20)7-6-13(10-12-4-2-1-3-5-12)17-16(21)18-14-8-9-24(22,23)11-14/h1-5,13-14H,6-11H2,(H,19,20)(H2,17,18,21). The third-order valence-corrected chi connectivity index (χ3v) is 5.70. The summed E-state index contributed by atoms with van der Waals surface area (Å²) >= 11 is 0. The highest BCUT2D eigenvalue weighted by Crippen LogP contribution is 2.12. The van der Waals surface area contributed by atoms with E-state index in [1.54, 1.807) is 0 Å². The molecule has 3 N–H and O–H groups in total. The van der Waals surface area contributed by atoms with Crippen molar-refractivity contribution in [2.75, 3.05) is 11.5 Å². The van der Waals surface area contributed by atoms with Crippen molar-refractivity contribution in [1.82, 2.24) is 10.6 Å². The molecule has 1 aromatic rings. The Morgan fingerprint density at radius 2 is 1.96 bits per heavy atom. The Morgan fingerprint density at radius 3 is 2.54 bits per heavy atom. The molecule has 1 heterocycles. The monoisotopic (exact) mass is 354 g/mol. The van der Waals surface area contributed by atoms with Gasteiger partial charge in [0.05, 0.1) is 11.5 Å². The molecule has 7 nitrogen and oxygen atoms in total. The van der Waals surface area contributed by atoms with Crippen LogP contribution in [0.1, 0.15) is 24.8 Å². The van der Waals surface area contributed by atoms with E-state index >= 15 is 0 Å². The smallest absolute Gasteiger partial charge is 0.315 e. The maximum Gasteiger partial charge on any atom is 0.315 e. The van der Waals surface area contributed by atoms with Gasteiger partial charge in [-0.25, -0.2) is 13.2 Å². The van der Waals surface area contributed by atoms with Gasteiger partial charge >= 0.3 is 12.0 Å². The number of aliphatic carboxylic acids is 1. The van der Waals surface area contributed by atoms with Gasteiger partial charge in [-0.3, -0.25) is 4.79 Å². The van der Waals surface area contributed by atoms with E-state index in [9.17, 15) is 18.0 Å². The molecule has 0 aliphatic carbocycles. The van der Waals surface area contributed by atoms with E-state index in [1.165, 1.54) is 0 Å². The molecule has 0 saturated carbocycles. The quantitative estimate of drug-likeness (QED) is 0.675. The van der Waals surface area contributed by atoms with Gasteiger partial charge in [0.1, 0.15) is 0 Å². The summed E-state index contributed by atoms with van der Waals surface area (Å²) < 4.78 is 22.9. The molecule has 2 rings (SSSR count). The molecule has 132 valence electrons. The second-order valence-corrected chi connectivity index (χ2v) is 8.27. The molecule has 2 unspecified atom stereocenters. The first kappa shape index (κ1) is 18.3. The zero-order valence-electron chi connectivity index (χ0n) is 13.3. The van der Waals surface area contributed by atoms with Crippen LogP contribution < -0.4 is 10.6 Å². The number of benzene rings is 1. The highest BCUT2D eigenvalue weighted by atomic mass is 32.2. The van der Waals surface area contributed by atoms with Crippen LogP contribution in [0.4, 0.5) is 4.79 Å². The summed E-state index contributed by atoms with van der Waals surface area (Å²) in [5.41, 5.74) is 0.997. The van der Waals surface area contributed by atoms with E-state index in [4.69, 9.17) is 5.11 Å². The molecule has 24 heavy (non-hydrogen) atoms. The third kappa shape index (κ3) is 6.19. The molecule has 0 aromatic heterocycles. The number of amides is 2. The van der Waals surface area contributed by atoms with Gasteiger partial charge in [0.2, 0.25) is 0 Å². The van der Waals surface area contributed by atoms with Crippen molar-refractivity contribution in [1.29, 1.82) is 0 Å². The van der Waals surface area contributed by atoms with E-state index in [1.807, 2.05) is 30.3 Å². The molecular weight excluding hydrogens is 332 g/mol. The maximum absolute atomic E-state index is 12.1. The minimum absolute atomic E-state index is 0.0428. The van der Waals surface area contributed by atoms with E-state index in [-0.39, 0.29) is 30.0 Å². The molecule has 1 saturated heterocycles. The molecule has 0 spiro atoms. The summed E-state index contributed by atoms with van der Waals surface area (Å²) in [7, 11) is -3.06. The average Bonchev–Trinajstić information content (AvgIpc) is 2.84. The molecular formula is C16H22N2O5S. The minimum Gasteiger partial charge on any atom is -0.481 e. The number of sulfone groups is 1. The first-order chi connectivity index (χ1) is 11.3. The molecule has 1 aliphatic heterocycles. The fourth-order valence-corrected chi connectivity index (χ4v) is 4.42. The molecule has 1 aromatic carbocycles. The van der Waals surface area contributed by atoms with Crippen LogP contribution in [0.15, 0.2) is 30.3 Å². The van der Waals surface area contributed by atoms with Crippen LogP contribution in [0, 0.1) is 0 Å². The highest BCUT2D eigenvalue weighted by Gasteiger charge is 2.29. The van der Waals surface area contributed by atoms with Crippen LogP contribution in [0.5, 0.6) is 0 Å². The summed E-state index contributed by atoms with van der Waals surface area (Å²) in [6.45, 7) is 0. The second kappa shape index (κ2) is 8.14. The van der Waals surface area contributed by atoms with Crippen molar-refractivity contribution >= 4 is 21.8 Å². The topological polar surface area (TPSA) is 113 Å². The van der Waals surface area contributed by atoms with Gasteiger partial charge in [0, 0.05) is 18.5 Å². The molecule has 1 aliphatic rings. The van der Waals surface area contributed by atoms with Crippen molar-refractivity contribution in [2.45, 2.75) is 37.8 Å². The molecule has 2 atom stereocenters. The van der Waals surface area contributed by atoms with Gasteiger partial charge in [-0.2, -0.15) is 0 Å². The average molecular weight is 354 g/mol. The fourth-order valence-electron chi connectivity index (χ4n) is 2.74. The highest BCUT2D eigenvalue weighted by molar-refractivity contribution is 7.91. The Labute approximate surface area is 141 Å². The number of hydrogen-bond acceptors (Lipinski definition) is 4. The lowest BCUT2D eigenvalue weighted by Crippen LogP contribution is -2.47. The first-order valence-electron chi connectivity index (χ1n) is 7.87. The van der Waals surface area contributed by atoms with Crippen LogP contribution >= 0.6 is 0 Å². The normalized spacial score (nSPS) is 20.2. The van der Waals surface area contributed by atoms with Gasteiger partial charge in [-0.1, -0.05) is 30.3 Å². The van der Waals surface area contributed by atoms with Crippen molar-refractivity contribution in [2.24, 2.45) is 0 Å². The van der Waals surface area contributed by atoms with Crippen LogP contribution in [0.25, 0.3) is 0 Å². The predicted molar refractivity (Wildman–Crippen MR) is 89.5 cm³/mol.